The number of benzene rings is 1. The normalized spacial score (nSPS) is 19.2. The maximum atomic E-state index is 11.1. The monoisotopic (exact) mass is 267 g/mol. The van der Waals surface area contributed by atoms with E-state index in [0.717, 1.165) is 31.7 Å². The molecule has 0 aromatic heterocycles. The van der Waals surface area contributed by atoms with Crippen molar-refractivity contribution in [1.29, 1.82) is 0 Å². The van der Waals surface area contributed by atoms with E-state index in [1.807, 2.05) is 13.1 Å². The number of amides is 1. The van der Waals surface area contributed by atoms with Gasteiger partial charge in [0.25, 0.3) is 0 Å². The first-order chi connectivity index (χ1) is 8.61. The standard InChI is InChI=1S/C13H18ClN3O/c1-16-7-9-4-5-17(8-9)12-3-2-10(13(15)18)6-11(12)14/h2-3,6,9,16H,4-5,7-8H2,1H3,(H2,15,18). The van der Waals surface area contributed by atoms with E-state index in [1.165, 1.54) is 0 Å². The molecule has 4 nitrogen and oxygen atoms in total. The van der Waals surface area contributed by atoms with Gasteiger partial charge in [-0.05, 0) is 44.1 Å². The van der Waals surface area contributed by atoms with Crippen LogP contribution in [0, 0.1) is 5.92 Å². The Morgan fingerprint density at radius 3 is 3.00 bits per heavy atom. The Morgan fingerprint density at radius 2 is 2.39 bits per heavy atom. The minimum atomic E-state index is -0.446. The molecular formula is C13H18ClN3O. The van der Waals surface area contributed by atoms with E-state index in [-0.39, 0.29) is 0 Å². The zero-order chi connectivity index (χ0) is 13.1. The predicted molar refractivity (Wildman–Crippen MR) is 74.2 cm³/mol. The summed E-state index contributed by atoms with van der Waals surface area (Å²) in [7, 11) is 1.97. The number of rotatable bonds is 4. The Hall–Kier alpha value is -1.26. The molecule has 5 heteroatoms. The van der Waals surface area contributed by atoms with Crippen LogP contribution in [0.5, 0.6) is 0 Å². The molecule has 1 aliphatic rings. The molecule has 2 rings (SSSR count). The summed E-state index contributed by atoms with van der Waals surface area (Å²) < 4.78 is 0. The average molecular weight is 268 g/mol. The van der Waals surface area contributed by atoms with Crippen molar-refractivity contribution in [2.45, 2.75) is 6.42 Å². The van der Waals surface area contributed by atoms with Crippen molar-refractivity contribution in [2.24, 2.45) is 11.7 Å². The highest BCUT2D eigenvalue weighted by molar-refractivity contribution is 6.33. The third-order valence-corrected chi connectivity index (χ3v) is 3.65. The molecule has 1 heterocycles. The Kier molecular flexibility index (Phi) is 4.09. The molecular weight excluding hydrogens is 250 g/mol. The summed E-state index contributed by atoms with van der Waals surface area (Å²) in [6.45, 7) is 3.02. The van der Waals surface area contributed by atoms with Crippen LogP contribution in [0.15, 0.2) is 18.2 Å². The van der Waals surface area contributed by atoms with Crippen molar-refractivity contribution >= 4 is 23.2 Å². The van der Waals surface area contributed by atoms with Crippen LogP contribution in [0.4, 0.5) is 5.69 Å². The second kappa shape index (κ2) is 5.59. The molecule has 1 aromatic rings. The highest BCUT2D eigenvalue weighted by Gasteiger charge is 2.23. The quantitative estimate of drug-likeness (QED) is 0.869. The number of nitrogens with two attached hydrogens (primary N) is 1. The van der Waals surface area contributed by atoms with Crippen LogP contribution in [0.25, 0.3) is 0 Å². The number of halogens is 1. The third kappa shape index (κ3) is 2.76. The molecule has 1 aromatic carbocycles. The van der Waals surface area contributed by atoms with Gasteiger partial charge in [-0.15, -0.1) is 0 Å². The summed E-state index contributed by atoms with van der Waals surface area (Å²) in [4.78, 5) is 13.3. The van der Waals surface area contributed by atoms with Gasteiger partial charge in [-0.3, -0.25) is 4.79 Å². The number of carbonyl (C=O) groups is 1. The van der Waals surface area contributed by atoms with E-state index in [4.69, 9.17) is 17.3 Å². The SMILES string of the molecule is CNCC1CCN(c2ccc(C(N)=O)cc2Cl)C1. The summed E-state index contributed by atoms with van der Waals surface area (Å²) in [5.74, 6) is 0.208. The molecule has 1 unspecified atom stereocenters. The largest absolute Gasteiger partial charge is 0.370 e. The minimum absolute atomic E-state index is 0.446. The first-order valence-electron chi connectivity index (χ1n) is 6.10. The van der Waals surface area contributed by atoms with Crippen LogP contribution in [0.3, 0.4) is 0 Å². The van der Waals surface area contributed by atoms with Gasteiger partial charge < -0.3 is 16.0 Å². The smallest absolute Gasteiger partial charge is 0.248 e. The van der Waals surface area contributed by atoms with E-state index >= 15 is 0 Å². The predicted octanol–water partition coefficient (Wildman–Crippen LogP) is 1.48. The van der Waals surface area contributed by atoms with E-state index in [1.54, 1.807) is 12.1 Å². The number of hydrogen-bond donors (Lipinski definition) is 2. The van der Waals surface area contributed by atoms with E-state index in [2.05, 4.69) is 10.2 Å². The van der Waals surface area contributed by atoms with Gasteiger partial charge in [0, 0.05) is 18.7 Å². The topological polar surface area (TPSA) is 58.4 Å². The molecule has 0 radical (unpaired) electrons. The van der Waals surface area contributed by atoms with Gasteiger partial charge in [-0.2, -0.15) is 0 Å². The van der Waals surface area contributed by atoms with E-state index in [9.17, 15) is 4.79 Å². The van der Waals surface area contributed by atoms with Crippen molar-refractivity contribution in [2.75, 3.05) is 31.6 Å². The van der Waals surface area contributed by atoms with Crippen LogP contribution in [-0.4, -0.2) is 32.6 Å². The molecule has 1 amide bonds. The molecule has 0 spiro atoms. The average Bonchev–Trinajstić information content (AvgIpc) is 2.77. The second-order valence-electron chi connectivity index (χ2n) is 4.69. The van der Waals surface area contributed by atoms with Gasteiger partial charge in [0.2, 0.25) is 5.91 Å². The zero-order valence-corrected chi connectivity index (χ0v) is 11.2. The van der Waals surface area contributed by atoms with Gasteiger partial charge in [-0.25, -0.2) is 0 Å². The first-order valence-corrected chi connectivity index (χ1v) is 6.48. The number of carbonyl (C=O) groups excluding carboxylic acids is 1. The summed E-state index contributed by atoms with van der Waals surface area (Å²) in [6.07, 6.45) is 1.16. The lowest BCUT2D eigenvalue weighted by Crippen LogP contribution is -2.24. The molecule has 0 bridgehead atoms. The second-order valence-corrected chi connectivity index (χ2v) is 5.10. The molecule has 0 aliphatic carbocycles. The van der Waals surface area contributed by atoms with Crippen LogP contribution in [0.2, 0.25) is 5.02 Å². The minimum Gasteiger partial charge on any atom is -0.370 e. The Labute approximate surface area is 112 Å². The lowest BCUT2D eigenvalue weighted by Gasteiger charge is -2.20. The van der Waals surface area contributed by atoms with Crippen molar-refractivity contribution in [3.8, 4) is 0 Å². The molecule has 98 valence electrons. The van der Waals surface area contributed by atoms with Crippen LogP contribution in [0.1, 0.15) is 16.8 Å². The van der Waals surface area contributed by atoms with E-state index in [0.29, 0.717) is 16.5 Å². The fraction of sp³-hybridized carbons (Fsp3) is 0.462. The number of nitrogens with zero attached hydrogens (tertiary/aromatic N) is 1. The fourth-order valence-corrected chi connectivity index (χ4v) is 2.72. The number of primary amides is 1. The summed E-state index contributed by atoms with van der Waals surface area (Å²) >= 11 is 6.21. The van der Waals surface area contributed by atoms with Gasteiger partial charge >= 0.3 is 0 Å². The molecule has 1 saturated heterocycles. The van der Waals surface area contributed by atoms with Gasteiger partial charge in [-0.1, -0.05) is 11.6 Å². The summed E-state index contributed by atoms with van der Waals surface area (Å²) in [5, 5.41) is 3.79. The Morgan fingerprint density at radius 1 is 1.61 bits per heavy atom. The molecule has 1 atom stereocenters. The highest BCUT2D eigenvalue weighted by atomic mass is 35.5. The van der Waals surface area contributed by atoms with Gasteiger partial charge in [0.15, 0.2) is 0 Å². The fourth-order valence-electron chi connectivity index (χ4n) is 2.42. The lowest BCUT2D eigenvalue weighted by atomic mass is 10.1. The molecule has 18 heavy (non-hydrogen) atoms. The van der Waals surface area contributed by atoms with Crippen LogP contribution >= 0.6 is 11.6 Å². The van der Waals surface area contributed by atoms with Crippen molar-refractivity contribution in [3.05, 3.63) is 28.8 Å². The molecule has 3 N–H and O–H groups in total. The molecule has 0 saturated carbocycles. The Bertz CT molecular complexity index is 450. The number of hydrogen-bond acceptors (Lipinski definition) is 3. The van der Waals surface area contributed by atoms with Crippen molar-refractivity contribution < 1.29 is 4.79 Å². The highest BCUT2D eigenvalue weighted by Crippen LogP contribution is 2.31. The first kappa shape index (κ1) is 13.2. The maximum absolute atomic E-state index is 11.1. The van der Waals surface area contributed by atoms with Gasteiger partial charge in [0.1, 0.15) is 0 Å². The van der Waals surface area contributed by atoms with Gasteiger partial charge in [0.05, 0.1) is 10.7 Å². The van der Waals surface area contributed by atoms with Crippen LogP contribution < -0.4 is 16.0 Å². The Balaban J connectivity index is 2.12. The lowest BCUT2D eigenvalue weighted by molar-refractivity contribution is 0.100. The number of nitrogens with one attached hydrogen (secondary N) is 1. The van der Waals surface area contributed by atoms with E-state index < -0.39 is 5.91 Å². The molecule has 1 fully saturated rings. The number of anilines is 1. The maximum Gasteiger partial charge on any atom is 0.248 e. The zero-order valence-electron chi connectivity index (χ0n) is 10.4. The van der Waals surface area contributed by atoms with Crippen molar-refractivity contribution in [3.63, 3.8) is 0 Å². The third-order valence-electron chi connectivity index (χ3n) is 3.35. The summed E-state index contributed by atoms with van der Waals surface area (Å²) in [5.41, 5.74) is 6.67. The van der Waals surface area contributed by atoms with Crippen LogP contribution in [-0.2, 0) is 0 Å². The summed E-state index contributed by atoms with van der Waals surface area (Å²) in [6, 6.07) is 5.25. The van der Waals surface area contributed by atoms with Crippen molar-refractivity contribution in [1.82, 2.24) is 5.32 Å². The molecule has 1 aliphatic heterocycles.